The summed E-state index contributed by atoms with van der Waals surface area (Å²) in [5, 5.41) is 0. The van der Waals surface area contributed by atoms with Gasteiger partial charge in [0.05, 0.1) is 31.9 Å². The Kier molecular flexibility index (Phi) is 6.67. The number of benzene rings is 2. The Morgan fingerprint density at radius 2 is 1.84 bits per heavy atom. The van der Waals surface area contributed by atoms with Crippen molar-refractivity contribution in [1.82, 2.24) is 14.5 Å². The van der Waals surface area contributed by atoms with Crippen LogP contribution in [0.5, 0.6) is 5.75 Å². The molecule has 0 radical (unpaired) electrons. The van der Waals surface area contributed by atoms with Crippen molar-refractivity contribution in [1.29, 1.82) is 0 Å². The van der Waals surface area contributed by atoms with Crippen LogP contribution in [-0.4, -0.2) is 47.2 Å². The molecule has 0 amide bonds. The lowest BCUT2D eigenvalue weighted by molar-refractivity contribution is -0.147. The molecule has 2 aromatic carbocycles. The number of carbonyl (C=O) groups excluding carboxylic acids is 1. The second-order valence-electron chi connectivity index (χ2n) is 7.92. The molecule has 0 aliphatic carbocycles. The Hall–Kier alpha value is -3.12. The number of ether oxygens (including phenoxy) is 2. The Balaban J connectivity index is 1.48. The zero-order valence-electron chi connectivity index (χ0n) is 18.2. The summed E-state index contributed by atoms with van der Waals surface area (Å²) in [7, 11) is 3.13. The van der Waals surface area contributed by atoms with Gasteiger partial charge in [-0.05, 0) is 42.6 Å². The Morgan fingerprint density at radius 1 is 1.06 bits per heavy atom. The fourth-order valence-corrected chi connectivity index (χ4v) is 4.21. The van der Waals surface area contributed by atoms with Gasteiger partial charge in [0.15, 0.2) is 0 Å². The van der Waals surface area contributed by atoms with Crippen molar-refractivity contribution in [3.8, 4) is 5.75 Å². The molecule has 0 fully saturated rings. The quantitative estimate of drug-likeness (QED) is 0.524. The molecule has 1 unspecified atom stereocenters. The van der Waals surface area contributed by atoms with E-state index in [2.05, 4.69) is 50.8 Å². The van der Waals surface area contributed by atoms with Crippen LogP contribution in [0.25, 0.3) is 0 Å². The minimum atomic E-state index is -0.280. The van der Waals surface area contributed by atoms with Gasteiger partial charge in [0, 0.05) is 19.5 Å². The predicted octanol–water partition coefficient (Wildman–Crippen LogP) is 3.47. The SMILES string of the molecule is COC(=O)C1Cc2ncn(Cc3ccc(OC)cc3)c2CN1CCCc1ccccc1. The van der Waals surface area contributed by atoms with Crippen molar-refractivity contribution >= 4 is 5.97 Å². The standard InChI is InChI=1S/C25H29N3O3/c1-30-21-12-10-20(11-13-21)16-28-18-26-22-15-23(25(29)31-2)27(17-24(22)28)14-6-9-19-7-4-3-5-8-19/h3-5,7-8,10-13,18,23H,6,9,14-17H2,1-2H3. The molecular formula is C25H29N3O3. The van der Waals surface area contributed by atoms with Gasteiger partial charge in [-0.2, -0.15) is 0 Å². The summed E-state index contributed by atoms with van der Waals surface area (Å²) in [5.74, 6) is 0.664. The first-order valence-electron chi connectivity index (χ1n) is 10.7. The summed E-state index contributed by atoms with van der Waals surface area (Å²) in [6.45, 7) is 2.27. The second kappa shape index (κ2) is 9.79. The van der Waals surface area contributed by atoms with Crippen LogP contribution in [0.1, 0.15) is 28.9 Å². The van der Waals surface area contributed by atoms with Crippen molar-refractivity contribution in [3.05, 3.63) is 83.4 Å². The number of rotatable bonds is 8. The molecule has 0 spiro atoms. The van der Waals surface area contributed by atoms with E-state index in [0.717, 1.165) is 37.4 Å². The van der Waals surface area contributed by atoms with Crippen molar-refractivity contribution in [3.63, 3.8) is 0 Å². The van der Waals surface area contributed by atoms with E-state index in [-0.39, 0.29) is 12.0 Å². The van der Waals surface area contributed by atoms with Gasteiger partial charge >= 0.3 is 5.97 Å². The van der Waals surface area contributed by atoms with E-state index in [4.69, 9.17) is 9.47 Å². The van der Waals surface area contributed by atoms with Crippen LogP contribution in [-0.2, 0) is 35.5 Å². The Bertz CT molecular complexity index is 999. The number of aryl methyl sites for hydroxylation is 1. The van der Waals surface area contributed by atoms with Crippen LogP contribution in [0.3, 0.4) is 0 Å². The molecule has 0 saturated carbocycles. The van der Waals surface area contributed by atoms with Crippen LogP contribution in [0.4, 0.5) is 0 Å². The highest BCUT2D eigenvalue weighted by molar-refractivity contribution is 5.76. The number of esters is 1. The summed E-state index contributed by atoms with van der Waals surface area (Å²) in [6.07, 6.45) is 4.45. The third kappa shape index (κ3) is 4.97. The Morgan fingerprint density at radius 3 is 2.55 bits per heavy atom. The second-order valence-corrected chi connectivity index (χ2v) is 7.92. The van der Waals surface area contributed by atoms with Gasteiger partial charge in [0.1, 0.15) is 11.8 Å². The summed E-state index contributed by atoms with van der Waals surface area (Å²) < 4.78 is 12.5. The van der Waals surface area contributed by atoms with Gasteiger partial charge in [-0.15, -0.1) is 0 Å². The number of hydrogen-bond donors (Lipinski definition) is 0. The fourth-order valence-electron chi connectivity index (χ4n) is 4.21. The lowest BCUT2D eigenvalue weighted by atomic mass is 10.0. The smallest absolute Gasteiger partial charge is 0.323 e. The van der Waals surface area contributed by atoms with Crippen molar-refractivity contribution < 1.29 is 14.3 Å². The average Bonchev–Trinajstić information content (AvgIpc) is 3.20. The van der Waals surface area contributed by atoms with E-state index >= 15 is 0 Å². The summed E-state index contributed by atoms with van der Waals surface area (Å²) in [5.41, 5.74) is 4.67. The van der Waals surface area contributed by atoms with Crippen LogP contribution < -0.4 is 4.74 Å². The van der Waals surface area contributed by atoms with E-state index in [0.29, 0.717) is 13.0 Å². The Labute approximate surface area is 183 Å². The highest BCUT2D eigenvalue weighted by Gasteiger charge is 2.34. The molecule has 0 N–H and O–H groups in total. The number of fused-ring (bicyclic) bond motifs is 1. The van der Waals surface area contributed by atoms with Crippen molar-refractivity contribution in [2.24, 2.45) is 0 Å². The highest BCUT2D eigenvalue weighted by Crippen LogP contribution is 2.25. The first kappa shape index (κ1) is 21.1. The third-order valence-corrected chi connectivity index (χ3v) is 5.95. The van der Waals surface area contributed by atoms with E-state index in [1.165, 1.54) is 23.9 Å². The maximum atomic E-state index is 12.5. The molecule has 0 bridgehead atoms. The van der Waals surface area contributed by atoms with Crippen LogP contribution in [0.15, 0.2) is 60.9 Å². The summed E-state index contributed by atoms with van der Waals surface area (Å²) >= 11 is 0. The molecule has 1 aliphatic rings. The molecule has 3 aromatic rings. The van der Waals surface area contributed by atoms with Crippen LogP contribution in [0, 0.1) is 0 Å². The van der Waals surface area contributed by atoms with Crippen molar-refractivity contribution in [2.75, 3.05) is 20.8 Å². The minimum absolute atomic E-state index is 0.185. The first-order valence-corrected chi connectivity index (χ1v) is 10.7. The van der Waals surface area contributed by atoms with Gasteiger partial charge in [0.2, 0.25) is 0 Å². The van der Waals surface area contributed by atoms with Gasteiger partial charge in [-0.3, -0.25) is 9.69 Å². The zero-order chi connectivity index (χ0) is 21.6. The fraction of sp³-hybridized carbons (Fsp3) is 0.360. The van der Waals surface area contributed by atoms with Gasteiger partial charge < -0.3 is 14.0 Å². The lowest BCUT2D eigenvalue weighted by Crippen LogP contribution is -2.47. The number of imidazole rings is 1. The number of nitrogens with zero attached hydrogens (tertiary/aromatic N) is 3. The van der Waals surface area contributed by atoms with Crippen molar-refractivity contribution in [2.45, 2.75) is 38.4 Å². The van der Waals surface area contributed by atoms with E-state index in [1.807, 2.05) is 24.5 Å². The highest BCUT2D eigenvalue weighted by atomic mass is 16.5. The number of aromatic nitrogens is 2. The first-order chi connectivity index (χ1) is 15.2. The number of carbonyl (C=O) groups is 1. The molecule has 31 heavy (non-hydrogen) atoms. The van der Waals surface area contributed by atoms with E-state index in [9.17, 15) is 4.79 Å². The maximum Gasteiger partial charge on any atom is 0.323 e. The monoisotopic (exact) mass is 419 g/mol. The normalized spacial score (nSPS) is 16.0. The topological polar surface area (TPSA) is 56.6 Å². The third-order valence-electron chi connectivity index (χ3n) is 5.95. The van der Waals surface area contributed by atoms with Crippen LogP contribution in [0.2, 0.25) is 0 Å². The van der Waals surface area contributed by atoms with Gasteiger partial charge in [-0.1, -0.05) is 42.5 Å². The van der Waals surface area contributed by atoms with Gasteiger partial charge in [0.25, 0.3) is 0 Å². The molecule has 1 atom stereocenters. The largest absolute Gasteiger partial charge is 0.497 e. The number of hydrogen-bond acceptors (Lipinski definition) is 5. The summed E-state index contributed by atoms with van der Waals surface area (Å²) in [4.78, 5) is 19.3. The molecule has 4 rings (SSSR count). The average molecular weight is 420 g/mol. The molecule has 1 aromatic heterocycles. The maximum absolute atomic E-state index is 12.5. The van der Waals surface area contributed by atoms with E-state index in [1.54, 1.807) is 7.11 Å². The number of methoxy groups -OCH3 is 2. The molecule has 0 saturated heterocycles. The predicted molar refractivity (Wildman–Crippen MR) is 119 cm³/mol. The van der Waals surface area contributed by atoms with Crippen LogP contribution >= 0.6 is 0 Å². The molecular weight excluding hydrogens is 390 g/mol. The molecule has 1 aliphatic heterocycles. The zero-order valence-corrected chi connectivity index (χ0v) is 18.2. The lowest BCUT2D eigenvalue weighted by Gasteiger charge is -2.34. The molecule has 162 valence electrons. The summed E-state index contributed by atoms with van der Waals surface area (Å²) in [6, 6.07) is 18.3. The molecule has 2 heterocycles. The van der Waals surface area contributed by atoms with E-state index < -0.39 is 0 Å². The molecule has 6 nitrogen and oxygen atoms in total. The van der Waals surface area contributed by atoms with Gasteiger partial charge in [-0.25, -0.2) is 4.98 Å². The molecule has 6 heteroatoms. The minimum Gasteiger partial charge on any atom is -0.497 e.